The van der Waals surface area contributed by atoms with Crippen LogP contribution in [0.15, 0.2) is 72.8 Å². The molecule has 0 saturated carbocycles. The molecule has 4 amide bonds. The van der Waals surface area contributed by atoms with Crippen molar-refractivity contribution < 1.29 is 28.7 Å². The van der Waals surface area contributed by atoms with Gasteiger partial charge in [0.2, 0.25) is 11.8 Å². The van der Waals surface area contributed by atoms with Gasteiger partial charge in [0.1, 0.15) is 13.2 Å². The lowest BCUT2D eigenvalue weighted by atomic mass is 10.1. The normalized spacial score (nSPS) is 20.0. The van der Waals surface area contributed by atoms with E-state index >= 15 is 0 Å². The van der Waals surface area contributed by atoms with Crippen LogP contribution in [0.4, 0.5) is 9.59 Å². The molecule has 2 aromatic carbocycles. The maximum atomic E-state index is 12.7. The molecule has 2 aliphatic heterocycles. The summed E-state index contributed by atoms with van der Waals surface area (Å²) in [5.41, 5.74) is 2.01. The minimum Gasteiger partial charge on any atom is -0.447 e. The van der Waals surface area contributed by atoms with Crippen LogP contribution in [0.1, 0.15) is 24.0 Å². The summed E-state index contributed by atoms with van der Waals surface area (Å²) in [6.45, 7) is 0.309. The monoisotopic (exact) mass is 462 g/mol. The van der Waals surface area contributed by atoms with Crippen molar-refractivity contribution in [3.8, 4) is 0 Å². The highest BCUT2D eigenvalue weighted by molar-refractivity contribution is 5.95. The molecule has 0 aromatic heterocycles. The van der Waals surface area contributed by atoms with Crippen molar-refractivity contribution in [2.45, 2.75) is 37.8 Å². The van der Waals surface area contributed by atoms with Crippen LogP contribution in [0.3, 0.4) is 0 Å². The predicted molar refractivity (Wildman–Crippen MR) is 123 cm³/mol. The molecule has 0 bridgehead atoms. The van der Waals surface area contributed by atoms with E-state index in [1.165, 1.54) is 0 Å². The molecule has 2 fully saturated rings. The highest BCUT2D eigenvalue weighted by Gasteiger charge is 2.38. The number of carbonyl (C=O) groups is 4. The molecule has 2 saturated heterocycles. The van der Waals surface area contributed by atoms with E-state index in [4.69, 9.17) is 9.47 Å². The van der Waals surface area contributed by atoms with Gasteiger partial charge in [-0.1, -0.05) is 72.8 Å². The highest BCUT2D eigenvalue weighted by atomic mass is 16.6. The van der Waals surface area contributed by atoms with Crippen LogP contribution in [0, 0.1) is 0 Å². The first-order valence-electron chi connectivity index (χ1n) is 11.2. The van der Waals surface area contributed by atoms with Crippen LogP contribution in [-0.2, 0) is 31.9 Å². The van der Waals surface area contributed by atoms with Crippen molar-refractivity contribution in [2.24, 2.45) is 0 Å². The maximum absolute atomic E-state index is 12.7. The number of hydrogen-bond acceptors (Lipinski definition) is 6. The lowest BCUT2D eigenvalue weighted by Gasteiger charge is -2.19. The van der Waals surface area contributed by atoms with E-state index in [0.717, 1.165) is 20.9 Å². The zero-order valence-corrected chi connectivity index (χ0v) is 18.7. The molecule has 2 unspecified atom stereocenters. The SMILES string of the molecule is O=C(C/C=C/CC(=O)N1C(=O)OCC1Cc1ccccc1)N1C(=O)OCC1Cc1ccccc1. The van der Waals surface area contributed by atoms with E-state index in [1.807, 2.05) is 60.7 Å². The maximum Gasteiger partial charge on any atom is 0.416 e. The zero-order valence-electron chi connectivity index (χ0n) is 18.7. The summed E-state index contributed by atoms with van der Waals surface area (Å²) in [4.78, 5) is 51.8. The fraction of sp³-hybridized carbons (Fsp3) is 0.308. The third kappa shape index (κ3) is 5.51. The zero-order chi connectivity index (χ0) is 23.9. The molecule has 0 radical (unpaired) electrons. The van der Waals surface area contributed by atoms with Gasteiger partial charge in [-0.2, -0.15) is 0 Å². The molecule has 2 atom stereocenters. The predicted octanol–water partition coefficient (Wildman–Crippen LogP) is 3.50. The van der Waals surface area contributed by atoms with E-state index < -0.39 is 24.0 Å². The number of ether oxygens (including phenoxy) is 2. The number of rotatable bonds is 8. The average Bonchev–Trinajstić information content (AvgIpc) is 3.39. The van der Waals surface area contributed by atoms with Gasteiger partial charge in [-0.25, -0.2) is 19.4 Å². The Morgan fingerprint density at radius 3 is 1.47 bits per heavy atom. The van der Waals surface area contributed by atoms with Gasteiger partial charge in [0.15, 0.2) is 0 Å². The van der Waals surface area contributed by atoms with Gasteiger partial charge in [-0.3, -0.25) is 9.59 Å². The van der Waals surface area contributed by atoms with Crippen molar-refractivity contribution in [1.29, 1.82) is 0 Å². The third-order valence-corrected chi connectivity index (χ3v) is 5.84. The van der Waals surface area contributed by atoms with E-state index in [-0.39, 0.29) is 38.1 Å². The Morgan fingerprint density at radius 1 is 0.706 bits per heavy atom. The third-order valence-electron chi connectivity index (χ3n) is 5.84. The molecule has 2 heterocycles. The molecule has 8 nitrogen and oxygen atoms in total. The van der Waals surface area contributed by atoms with Gasteiger partial charge < -0.3 is 9.47 Å². The molecule has 0 aliphatic carbocycles. The van der Waals surface area contributed by atoms with Crippen LogP contribution in [-0.4, -0.2) is 59.1 Å². The van der Waals surface area contributed by atoms with Crippen LogP contribution >= 0.6 is 0 Å². The molecule has 4 rings (SSSR count). The molecular weight excluding hydrogens is 436 g/mol. The van der Waals surface area contributed by atoms with Crippen molar-refractivity contribution >= 4 is 24.0 Å². The Kier molecular flexibility index (Phi) is 7.37. The average molecular weight is 463 g/mol. The molecular formula is C26H26N2O6. The van der Waals surface area contributed by atoms with E-state index in [2.05, 4.69) is 0 Å². The second kappa shape index (κ2) is 10.8. The number of amides is 4. The van der Waals surface area contributed by atoms with Crippen LogP contribution < -0.4 is 0 Å². The minimum absolute atomic E-state index is 0.0500. The molecule has 2 aromatic rings. The van der Waals surface area contributed by atoms with Crippen LogP contribution in [0.2, 0.25) is 0 Å². The quantitative estimate of drug-likeness (QED) is 0.558. The summed E-state index contributed by atoms with van der Waals surface area (Å²) in [6.07, 6.45) is 2.70. The lowest BCUT2D eigenvalue weighted by molar-refractivity contribution is -0.129. The van der Waals surface area contributed by atoms with E-state index in [0.29, 0.717) is 12.8 Å². The molecule has 2 aliphatic rings. The van der Waals surface area contributed by atoms with Crippen molar-refractivity contribution in [2.75, 3.05) is 13.2 Å². The van der Waals surface area contributed by atoms with Gasteiger partial charge in [-0.15, -0.1) is 0 Å². The first kappa shape index (κ1) is 23.2. The van der Waals surface area contributed by atoms with E-state index in [1.54, 1.807) is 12.2 Å². The number of hydrogen-bond donors (Lipinski definition) is 0. The Bertz CT molecular complexity index is 984. The fourth-order valence-electron chi connectivity index (χ4n) is 4.17. The van der Waals surface area contributed by atoms with Crippen molar-refractivity contribution in [1.82, 2.24) is 9.80 Å². The summed E-state index contributed by atoms with van der Waals surface area (Å²) in [6, 6.07) is 18.4. The van der Waals surface area contributed by atoms with E-state index in [9.17, 15) is 19.2 Å². The summed E-state index contributed by atoms with van der Waals surface area (Å²) in [5, 5.41) is 0. The molecule has 8 heteroatoms. The molecule has 0 spiro atoms. The summed E-state index contributed by atoms with van der Waals surface area (Å²) in [5.74, 6) is -0.788. The Hall–Kier alpha value is -3.94. The molecule has 0 N–H and O–H groups in total. The van der Waals surface area contributed by atoms with Gasteiger partial charge in [0, 0.05) is 12.8 Å². The van der Waals surface area contributed by atoms with Gasteiger partial charge >= 0.3 is 12.2 Å². The Balaban J connectivity index is 1.30. The number of benzene rings is 2. The van der Waals surface area contributed by atoms with Crippen LogP contribution in [0.25, 0.3) is 0 Å². The number of carbonyl (C=O) groups excluding carboxylic acids is 4. The number of imide groups is 2. The highest BCUT2D eigenvalue weighted by Crippen LogP contribution is 2.20. The standard InChI is InChI=1S/C26H26N2O6/c29-23(27-21(17-33-25(27)31)15-19-9-3-1-4-10-19)13-7-8-14-24(30)28-22(18-34-26(28)32)16-20-11-5-2-6-12-20/h1-12,21-22H,13-18H2/b8-7+. The van der Waals surface area contributed by atoms with Gasteiger partial charge in [0.25, 0.3) is 0 Å². The lowest BCUT2D eigenvalue weighted by Crippen LogP contribution is -2.40. The Morgan fingerprint density at radius 2 is 1.09 bits per heavy atom. The van der Waals surface area contributed by atoms with Gasteiger partial charge in [-0.05, 0) is 24.0 Å². The smallest absolute Gasteiger partial charge is 0.416 e. The largest absolute Gasteiger partial charge is 0.447 e. The second-order valence-electron chi connectivity index (χ2n) is 8.25. The summed E-state index contributed by atoms with van der Waals surface area (Å²) >= 11 is 0. The van der Waals surface area contributed by atoms with Crippen LogP contribution in [0.5, 0.6) is 0 Å². The minimum atomic E-state index is -0.654. The first-order chi connectivity index (χ1) is 16.5. The molecule has 176 valence electrons. The number of nitrogens with zero attached hydrogens (tertiary/aromatic N) is 2. The topological polar surface area (TPSA) is 93.2 Å². The summed E-state index contributed by atoms with van der Waals surface area (Å²) in [7, 11) is 0. The second-order valence-corrected chi connectivity index (χ2v) is 8.25. The van der Waals surface area contributed by atoms with Crippen molar-refractivity contribution in [3.05, 3.63) is 83.9 Å². The molecule has 34 heavy (non-hydrogen) atoms. The van der Waals surface area contributed by atoms with Crippen molar-refractivity contribution in [3.63, 3.8) is 0 Å². The number of cyclic esters (lactones) is 2. The summed E-state index contributed by atoms with van der Waals surface area (Å²) < 4.78 is 10.2. The Labute approximate surface area is 197 Å². The first-order valence-corrected chi connectivity index (χ1v) is 11.2. The van der Waals surface area contributed by atoms with Gasteiger partial charge in [0.05, 0.1) is 12.1 Å². The fourth-order valence-corrected chi connectivity index (χ4v) is 4.17.